The normalized spacial score (nSPS) is 13.8. The Kier molecular flexibility index (Phi) is 4.50. The van der Waals surface area contributed by atoms with Gasteiger partial charge in [0.2, 0.25) is 12.7 Å². The summed E-state index contributed by atoms with van der Waals surface area (Å²) in [6.45, 7) is 4.19. The third-order valence-corrected chi connectivity index (χ3v) is 3.84. The van der Waals surface area contributed by atoms with Crippen LogP contribution in [0.25, 0.3) is 11.3 Å². The van der Waals surface area contributed by atoms with Crippen LogP contribution in [0.1, 0.15) is 45.0 Å². The molecule has 1 atom stereocenters. The molecule has 23 heavy (non-hydrogen) atoms. The van der Waals surface area contributed by atoms with Crippen molar-refractivity contribution in [3.05, 3.63) is 30.2 Å². The molecule has 0 unspecified atom stereocenters. The van der Waals surface area contributed by atoms with Crippen LogP contribution in [0.5, 0.6) is 11.5 Å². The smallest absolute Gasteiger partial charge is 0.231 e. The second kappa shape index (κ2) is 6.73. The molecule has 1 amide bonds. The Bertz CT molecular complexity index is 696. The molecule has 122 valence electrons. The summed E-state index contributed by atoms with van der Waals surface area (Å²) >= 11 is 0. The van der Waals surface area contributed by atoms with Gasteiger partial charge in [-0.05, 0) is 24.6 Å². The summed E-state index contributed by atoms with van der Waals surface area (Å²) in [5.41, 5.74) is 1.87. The minimum Gasteiger partial charge on any atom is -0.454 e. The molecule has 0 bridgehead atoms. The van der Waals surface area contributed by atoms with Crippen molar-refractivity contribution in [2.45, 2.75) is 39.2 Å². The van der Waals surface area contributed by atoms with E-state index in [-0.39, 0.29) is 18.7 Å². The van der Waals surface area contributed by atoms with E-state index in [4.69, 9.17) is 9.47 Å². The minimum absolute atomic E-state index is 0.0319. The van der Waals surface area contributed by atoms with Gasteiger partial charge in [-0.2, -0.15) is 0 Å². The number of aromatic amines is 1. The van der Waals surface area contributed by atoms with E-state index >= 15 is 0 Å². The molecule has 6 heteroatoms. The van der Waals surface area contributed by atoms with Gasteiger partial charge in [-0.15, -0.1) is 0 Å². The highest BCUT2D eigenvalue weighted by Crippen LogP contribution is 2.35. The molecule has 1 aromatic carbocycles. The Balaban J connectivity index is 1.82. The number of benzene rings is 1. The van der Waals surface area contributed by atoms with Gasteiger partial charge in [-0.3, -0.25) is 4.79 Å². The number of hydrogen-bond acceptors (Lipinski definition) is 4. The lowest BCUT2D eigenvalue weighted by atomic mass is 10.1. The quantitative estimate of drug-likeness (QED) is 0.858. The molecule has 1 aromatic heterocycles. The van der Waals surface area contributed by atoms with Crippen molar-refractivity contribution >= 4 is 5.91 Å². The molecular formula is C17H21N3O3. The molecule has 2 N–H and O–H groups in total. The molecule has 2 heterocycles. The van der Waals surface area contributed by atoms with Gasteiger partial charge in [0.1, 0.15) is 5.82 Å². The van der Waals surface area contributed by atoms with Gasteiger partial charge < -0.3 is 19.8 Å². The van der Waals surface area contributed by atoms with Crippen LogP contribution in [0, 0.1) is 0 Å². The Labute approximate surface area is 135 Å². The Morgan fingerprint density at radius 3 is 2.96 bits per heavy atom. The van der Waals surface area contributed by atoms with E-state index in [0.717, 1.165) is 41.4 Å². The molecule has 0 fully saturated rings. The van der Waals surface area contributed by atoms with Gasteiger partial charge in [0.15, 0.2) is 11.5 Å². The van der Waals surface area contributed by atoms with Crippen molar-refractivity contribution in [1.82, 2.24) is 15.3 Å². The number of aromatic nitrogens is 2. The predicted molar refractivity (Wildman–Crippen MR) is 86.2 cm³/mol. The number of H-pyrrole nitrogens is 1. The summed E-state index contributed by atoms with van der Waals surface area (Å²) in [7, 11) is 0. The number of carbonyl (C=O) groups excluding carboxylic acids is 1. The summed E-state index contributed by atoms with van der Waals surface area (Å²) in [5.74, 6) is 2.31. The maximum atomic E-state index is 11.7. The van der Waals surface area contributed by atoms with E-state index in [0.29, 0.717) is 6.42 Å². The van der Waals surface area contributed by atoms with Crippen LogP contribution in [-0.2, 0) is 4.79 Å². The largest absolute Gasteiger partial charge is 0.454 e. The molecule has 0 saturated heterocycles. The van der Waals surface area contributed by atoms with Gasteiger partial charge in [0.05, 0.1) is 17.9 Å². The number of rotatable bonds is 6. The van der Waals surface area contributed by atoms with Crippen LogP contribution in [0.4, 0.5) is 0 Å². The van der Waals surface area contributed by atoms with Crippen LogP contribution in [-0.4, -0.2) is 22.7 Å². The highest BCUT2D eigenvalue weighted by molar-refractivity contribution is 5.76. The van der Waals surface area contributed by atoms with Crippen molar-refractivity contribution in [1.29, 1.82) is 0 Å². The molecule has 6 nitrogen and oxygen atoms in total. The molecule has 0 spiro atoms. The molecule has 1 aliphatic rings. The predicted octanol–water partition coefficient (Wildman–Crippen LogP) is 3.17. The molecule has 2 aromatic rings. The number of ether oxygens (including phenoxy) is 2. The Morgan fingerprint density at radius 2 is 2.17 bits per heavy atom. The second-order valence-electron chi connectivity index (χ2n) is 5.51. The maximum Gasteiger partial charge on any atom is 0.231 e. The van der Waals surface area contributed by atoms with Crippen LogP contribution >= 0.6 is 0 Å². The van der Waals surface area contributed by atoms with E-state index in [1.54, 1.807) is 6.20 Å². The van der Waals surface area contributed by atoms with Crippen LogP contribution in [0.2, 0.25) is 0 Å². The van der Waals surface area contributed by atoms with Crippen molar-refractivity contribution < 1.29 is 14.3 Å². The molecule has 0 radical (unpaired) electrons. The molecular weight excluding hydrogens is 294 g/mol. The van der Waals surface area contributed by atoms with Crippen LogP contribution in [0.3, 0.4) is 0 Å². The number of fused-ring (bicyclic) bond motifs is 1. The van der Waals surface area contributed by atoms with Gasteiger partial charge in [-0.1, -0.05) is 20.3 Å². The SMILES string of the molecule is CCC[C@H](NC(=O)CC)c1ncc(-c2ccc3c(c2)OCO3)[nH]1. The molecule has 3 rings (SSSR count). The Morgan fingerprint density at radius 1 is 1.35 bits per heavy atom. The summed E-state index contributed by atoms with van der Waals surface area (Å²) < 4.78 is 10.7. The molecule has 0 saturated carbocycles. The monoisotopic (exact) mass is 315 g/mol. The molecule has 1 aliphatic heterocycles. The number of amides is 1. The minimum atomic E-state index is -0.0878. The zero-order chi connectivity index (χ0) is 16.2. The van der Waals surface area contributed by atoms with E-state index in [1.807, 2.05) is 25.1 Å². The summed E-state index contributed by atoms with van der Waals surface area (Å²) in [6, 6.07) is 5.69. The van der Waals surface area contributed by atoms with Crippen LogP contribution in [0.15, 0.2) is 24.4 Å². The zero-order valence-electron chi connectivity index (χ0n) is 13.4. The van der Waals surface area contributed by atoms with E-state index in [2.05, 4.69) is 22.2 Å². The summed E-state index contributed by atoms with van der Waals surface area (Å²) in [6.07, 6.45) is 4.07. The van der Waals surface area contributed by atoms with Crippen molar-refractivity contribution in [3.8, 4) is 22.8 Å². The number of imidazole rings is 1. The number of nitrogens with one attached hydrogen (secondary N) is 2. The lowest BCUT2D eigenvalue weighted by Gasteiger charge is -2.15. The third-order valence-electron chi connectivity index (χ3n) is 3.84. The standard InChI is InChI=1S/C17H21N3O3/c1-3-5-12(19-16(21)4-2)17-18-9-13(20-17)11-6-7-14-15(8-11)23-10-22-14/h6-9,12H,3-5,10H2,1-2H3,(H,18,20)(H,19,21)/t12-/m0/s1. The summed E-state index contributed by atoms with van der Waals surface area (Å²) in [4.78, 5) is 19.5. The van der Waals surface area contributed by atoms with Gasteiger partial charge in [0.25, 0.3) is 0 Å². The topological polar surface area (TPSA) is 76.2 Å². The van der Waals surface area contributed by atoms with Gasteiger partial charge in [0, 0.05) is 12.0 Å². The van der Waals surface area contributed by atoms with E-state index in [9.17, 15) is 4.79 Å². The highest BCUT2D eigenvalue weighted by Gasteiger charge is 2.18. The fourth-order valence-corrected chi connectivity index (χ4v) is 2.59. The van der Waals surface area contributed by atoms with Crippen molar-refractivity contribution in [2.24, 2.45) is 0 Å². The number of carbonyl (C=O) groups is 1. The molecule has 0 aliphatic carbocycles. The number of hydrogen-bond donors (Lipinski definition) is 2. The Hall–Kier alpha value is -2.50. The second-order valence-corrected chi connectivity index (χ2v) is 5.51. The first-order chi connectivity index (χ1) is 11.2. The summed E-state index contributed by atoms with van der Waals surface area (Å²) in [5, 5.41) is 3.01. The van der Waals surface area contributed by atoms with Gasteiger partial charge in [-0.25, -0.2) is 4.98 Å². The fraction of sp³-hybridized carbons (Fsp3) is 0.412. The average Bonchev–Trinajstić information content (AvgIpc) is 3.22. The van der Waals surface area contributed by atoms with Gasteiger partial charge >= 0.3 is 0 Å². The lowest BCUT2D eigenvalue weighted by Crippen LogP contribution is -2.28. The zero-order valence-corrected chi connectivity index (χ0v) is 13.4. The van der Waals surface area contributed by atoms with Crippen LogP contribution < -0.4 is 14.8 Å². The van der Waals surface area contributed by atoms with Crippen molar-refractivity contribution in [2.75, 3.05) is 6.79 Å². The van der Waals surface area contributed by atoms with E-state index < -0.39 is 0 Å². The third kappa shape index (κ3) is 3.31. The maximum absolute atomic E-state index is 11.7. The lowest BCUT2D eigenvalue weighted by molar-refractivity contribution is -0.121. The highest BCUT2D eigenvalue weighted by atomic mass is 16.7. The average molecular weight is 315 g/mol. The van der Waals surface area contributed by atoms with Crippen molar-refractivity contribution in [3.63, 3.8) is 0 Å². The first-order valence-corrected chi connectivity index (χ1v) is 7.95. The fourth-order valence-electron chi connectivity index (χ4n) is 2.59. The number of nitrogens with zero attached hydrogens (tertiary/aromatic N) is 1. The van der Waals surface area contributed by atoms with E-state index in [1.165, 1.54) is 0 Å². The first kappa shape index (κ1) is 15.4. The first-order valence-electron chi connectivity index (χ1n) is 7.95.